The van der Waals surface area contributed by atoms with Gasteiger partial charge in [-0.3, -0.25) is 4.79 Å². The molecule has 0 atom stereocenters. The fraction of sp³-hybridized carbons (Fsp3) is 0.312. The van der Waals surface area contributed by atoms with Gasteiger partial charge in [0.1, 0.15) is 5.76 Å². The molecule has 0 spiro atoms. The molecule has 0 unspecified atom stereocenters. The first kappa shape index (κ1) is 12.8. The van der Waals surface area contributed by atoms with Crippen molar-refractivity contribution in [3.8, 4) is 0 Å². The van der Waals surface area contributed by atoms with E-state index >= 15 is 0 Å². The monoisotopic (exact) mass is 270 g/mol. The van der Waals surface area contributed by atoms with E-state index in [1.807, 2.05) is 30.0 Å². The predicted octanol–water partition coefficient (Wildman–Crippen LogP) is 3.02. The zero-order valence-corrected chi connectivity index (χ0v) is 11.6. The molecule has 2 aromatic rings. The van der Waals surface area contributed by atoms with Crippen LogP contribution in [0.25, 0.3) is 0 Å². The second-order valence-corrected chi connectivity index (χ2v) is 5.06. The molecule has 1 aliphatic heterocycles. The molecule has 0 fully saturated rings. The molecule has 20 heavy (non-hydrogen) atoms. The Kier molecular flexibility index (Phi) is 3.22. The van der Waals surface area contributed by atoms with Crippen LogP contribution in [0.15, 0.2) is 34.9 Å². The van der Waals surface area contributed by atoms with E-state index in [0.29, 0.717) is 5.56 Å². The number of hydrogen-bond acceptors (Lipinski definition) is 3. The van der Waals surface area contributed by atoms with Gasteiger partial charge in [-0.15, -0.1) is 0 Å². The Morgan fingerprint density at radius 1 is 1.40 bits per heavy atom. The van der Waals surface area contributed by atoms with Crippen LogP contribution in [0.5, 0.6) is 0 Å². The van der Waals surface area contributed by atoms with E-state index < -0.39 is 0 Å². The van der Waals surface area contributed by atoms with E-state index in [0.717, 1.165) is 48.5 Å². The van der Waals surface area contributed by atoms with Crippen LogP contribution >= 0.6 is 0 Å². The lowest BCUT2D eigenvalue weighted by molar-refractivity contribution is 0.0983. The van der Waals surface area contributed by atoms with Crippen molar-refractivity contribution in [1.82, 2.24) is 0 Å². The first-order valence-electron chi connectivity index (χ1n) is 6.97. The van der Waals surface area contributed by atoms with Gasteiger partial charge in [-0.05, 0) is 42.7 Å². The molecule has 2 N–H and O–H groups in total. The van der Waals surface area contributed by atoms with Crippen molar-refractivity contribution >= 4 is 17.3 Å². The lowest BCUT2D eigenvalue weighted by atomic mass is 10.00. The number of amides is 1. The SMILES string of the molecule is CCc1occc1C(=O)N1CCCc2cc(N)ccc21. The highest BCUT2D eigenvalue weighted by Crippen LogP contribution is 2.30. The normalized spacial score (nSPS) is 14.2. The average Bonchev–Trinajstić information content (AvgIpc) is 2.94. The lowest BCUT2D eigenvalue weighted by Crippen LogP contribution is -2.35. The fourth-order valence-electron chi connectivity index (χ4n) is 2.78. The number of rotatable bonds is 2. The van der Waals surface area contributed by atoms with Gasteiger partial charge in [-0.25, -0.2) is 0 Å². The van der Waals surface area contributed by atoms with Gasteiger partial charge < -0.3 is 15.1 Å². The molecule has 104 valence electrons. The van der Waals surface area contributed by atoms with Crippen molar-refractivity contribution in [2.24, 2.45) is 0 Å². The number of nitrogen functional groups attached to an aromatic ring is 1. The molecule has 0 saturated heterocycles. The molecule has 3 rings (SSSR count). The number of nitrogens with zero attached hydrogens (tertiary/aromatic N) is 1. The number of carbonyl (C=O) groups excluding carboxylic acids is 1. The average molecular weight is 270 g/mol. The topological polar surface area (TPSA) is 59.5 Å². The number of fused-ring (bicyclic) bond motifs is 1. The van der Waals surface area contributed by atoms with Gasteiger partial charge in [0.05, 0.1) is 11.8 Å². The molecule has 4 nitrogen and oxygen atoms in total. The molecule has 2 heterocycles. The molecule has 1 aromatic heterocycles. The summed E-state index contributed by atoms with van der Waals surface area (Å²) >= 11 is 0. The van der Waals surface area contributed by atoms with Crippen LogP contribution in [0.4, 0.5) is 11.4 Å². The third-order valence-corrected chi connectivity index (χ3v) is 3.76. The molecule has 0 aliphatic carbocycles. The number of nitrogens with two attached hydrogens (primary N) is 1. The minimum Gasteiger partial charge on any atom is -0.469 e. The zero-order chi connectivity index (χ0) is 14.1. The van der Waals surface area contributed by atoms with Crippen molar-refractivity contribution < 1.29 is 9.21 Å². The van der Waals surface area contributed by atoms with Crippen LogP contribution in [0.1, 0.15) is 35.0 Å². The maximum absolute atomic E-state index is 12.7. The van der Waals surface area contributed by atoms with Crippen LogP contribution in [-0.4, -0.2) is 12.5 Å². The lowest BCUT2D eigenvalue weighted by Gasteiger charge is -2.29. The van der Waals surface area contributed by atoms with E-state index in [-0.39, 0.29) is 5.91 Å². The standard InChI is InChI=1S/C16H18N2O2/c1-2-15-13(7-9-20-15)16(19)18-8-3-4-11-10-12(17)5-6-14(11)18/h5-7,9-10H,2-4,8,17H2,1H3. The summed E-state index contributed by atoms with van der Waals surface area (Å²) < 4.78 is 5.37. The Labute approximate surface area is 118 Å². The van der Waals surface area contributed by atoms with Gasteiger partial charge in [-0.2, -0.15) is 0 Å². The molecular weight excluding hydrogens is 252 g/mol. The van der Waals surface area contributed by atoms with Gasteiger partial charge in [0.25, 0.3) is 5.91 Å². The van der Waals surface area contributed by atoms with Gasteiger partial charge in [0.2, 0.25) is 0 Å². The van der Waals surface area contributed by atoms with E-state index in [2.05, 4.69) is 0 Å². The Bertz CT molecular complexity index is 646. The molecule has 0 saturated carbocycles. The van der Waals surface area contributed by atoms with Crippen LogP contribution in [0.3, 0.4) is 0 Å². The minimum absolute atomic E-state index is 0.0151. The second kappa shape index (κ2) is 5.04. The van der Waals surface area contributed by atoms with Gasteiger partial charge >= 0.3 is 0 Å². The number of furan rings is 1. The molecule has 1 amide bonds. The highest BCUT2D eigenvalue weighted by Gasteiger charge is 2.26. The molecule has 4 heteroatoms. The summed E-state index contributed by atoms with van der Waals surface area (Å²) in [4.78, 5) is 14.6. The number of hydrogen-bond donors (Lipinski definition) is 1. The number of benzene rings is 1. The summed E-state index contributed by atoms with van der Waals surface area (Å²) in [5.74, 6) is 0.763. The maximum Gasteiger partial charge on any atom is 0.261 e. The van der Waals surface area contributed by atoms with Crippen LogP contribution in [-0.2, 0) is 12.8 Å². The molecule has 0 radical (unpaired) electrons. The Hall–Kier alpha value is -2.23. The fourth-order valence-corrected chi connectivity index (χ4v) is 2.78. The van der Waals surface area contributed by atoms with Crippen LogP contribution < -0.4 is 10.6 Å². The van der Waals surface area contributed by atoms with Crippen molar-refractivity contribution in [2.75, 3.05) is 17.2 Å². The maximum atomic E-state index is 12.7. The summed E-state index contributed by atoms with van der Waals surface area (Å²) in [6.07, 6.45) is 4.23. The largest absolute Gasteiger partial charge is 0.469 e. The third kappa shape index (κ3) is 2.07. The molecule has 1 aromatic carbocycles. The quantitative estimate of drug-likeness (QED) is 0.853. The van der Waals surface area contributed by atoms with Crippen molar-refractivity contribution in [1.29, 1.82) is 0 Å². The summed E-state index contributed by atoms with van der Waals surface area (Å²) in [5, 5.41) is 0. The first-order chi connectivity index (χ1) is 9.70. The summed E-state index contributed by atoms with van der Waals surface area (Å²) in [6, 6.07) is 7.51. The van der Waals surface area contributed by atoms with Crippen molar-refractivity contribution in [3.63, 3.8) is 0 Å². The summed E-state index contributed by atoms with van der Waals surface area (Å²) in [6.45, 7) is 2.73. The minimum atomic E-state index is 0.0151. The second-order valence-electron chi connectivity index (χ2n) is 5.06. The summed E-state index contributed by atoms with van der Waals surface area (Å²) in [5.41, 5.74) is 9.35. The summed E-state index contributed by atoms with van der Waals surface area (Å²) in [7, 11) is 0. The number of aryl methyl sites for hydroxylation is 2. The number of anilines is 2. The highest BCUT2D eigenvalue weighted by molar-refractivity contribution is 6.07. The molecular formula is C16H18N2O2. The van der Waals surface area contributed by atoms with E-state index in [1.165, 1.54) is 0 Å². The van der Waals surface area contributed by atoms with Crippen LogP contribution in [0.2, 0.25) is 0 Å². The number of carbonyl (C=O) groups is 1. The Morgan fingerprint density at radius 3 is 3.05 bits per heavy atom. The highest BCUT2D eigenvalue weighted by atomic mass is 16.3. The van der Waals surface area contributed by atoms with Gasteiger partial charge in [0, 0.05) is 24.3 Å². The zero-order valence-electron chi connectivity index (χ0n) is 11.6. The third-order valence-electron chi connectivity index (χ3n) is 3.76. The Morgan fingerprint density at radius 2 is 2.25 bits per heavy atom. The molecule has 1 aliphatic rings. The van der Waals surface area contributed by atoms with E-state index in [4.69, 9.17) is 10.2 Å². The molecule has 0 bridgehead atoms. The van der Waals surface area contributed by atoms with Gasteiger partial charge in [-0.1, -0.05) is 6.92 Å². The first-order valence-corrected chi connectivity index (χ1v) is 6.97. The van der Waals surface area contributed by atoms with E-state index in [9.17, 15) is 4.79 Å². The van der Waals surface area contributed by atoms with Crippen LogP contribution in [0, 0.1) is 0 Å². The van der Waals surface area contributed by atoms with Crippen molar-refractivity contribution in [2.45, 2.75) is 26.2 Å². The van der Waals surface area contributed by atoms with Crippen molar-refractivity contribution in [3.05, 3.63) is 47.4 Å². The van der Waals surface area contributed by atoms with E-state index in [1.54, 1.807) is 12.3 Å². The Balaban J connectivity index is 1.98. The smallest absolute Gasteiger partial charge is 0.261 e. The predicted molar refractivity (Wildman–Crippen MR) is 78.9 cm³/mol. The van der Waals surface area contributed by atoms with Gasteiger partial charge in [0.15, 0.2) is 0 Å².